The van der Waals surface area contributed by atoms with E-state index in [4.69, 9.17) is 0 Å². The third kappa shape index (κ3) is 1.98. The number of phenols is 2. The smallest absolute Gasteiger partial charge is 0.126 e. The monoisotopic (exact) mass is 228 g/mol. The number of rotatable bonds is 1. The minimum atomic E-state index is 0.229. The van der Waals surface area contributed by atoms with Crippen molar-refractivity contribution in [3.8, 4) is 22.6 Å². The van der Waals surface area contributed by atoms with Gasteiger partial charge in [0.2, 0.25) is 0 Å². The van der Waals surface area contributed by atoms with Crippen molar-refractivity contribution in [3.63, 3.8) is 0 Å². The van der Waals surface area contributed by atoms with Crippen molar-refractivity contribution in [2.24, 2.45) is 0 Å². The van der Waals surface area contributed by atoms with E-state index in [1.165, 1.54) is 0 Å². The summed E-state index contributed by atoms with van der Waals surface area (Å²) in [6.45, 7) is 5.68. The van der Waals surface area contributed by atoms with E-state index in [-0.39, 0.29) is 11.5 Å². The summed E-state index contributed by atoms with van der Waals surface area (Å²) in [5, 5.41) is 20.1. The molecule has 0 amide bonds. The first kappa shape index (κ1) is 11.5. The molecule has 0 aliphatic rings. The van der Waals surface area contributed by atoms with E-state index in [9.17, 15) is 10.2 Å². The molecule has 0 unspecified atom stereocenters. The van der Waals surface area contributed by atoms with Crippen molar-refractivity contribution in [2.45, 2.75) is 20.8 Å². The Bertz CT molecular complexity index is 571. The van der Waals surface area contributed by atoms with Crippen LogP contribution in [0.15, 0.2) is 30.3 Å². The van der Waals surface area contributed by atoms with Crippen LogP contribution in [0, 0.1) is 20.8 Å². The van der Waals surface area contributed by atoms with Crippen molar-refractivity contribution in [1.29, 1.82) is 0 Å². The van der Waals surface area contributed by atoms with E-state index in [1.807, 2.05) is 51.1 Å². The molecule has 2 rings (SSSR count). The lowest BCUT2D eigenvalue weighted by Gasteiger charge is -2.12. The van der Waals surface area contributed by atoms with Crippen molar-refractivity contribution in [2.75, 3.05) is 0 Å². The normalized spacial score (nSPS) is 10.5. The lowest BCUT2D eigenvalue weighted by Crippen LogP contribution is -1.87. The van der Waals surface area contributed by atoms with Gasteiger partial charge in [-0.3, -0.25) is 0 Å². The lowest BCUT2D eigenvalue weighted by molar-refractivity contribution is 0.465. The number of benzene rings is 2. The highest BCUT2D eigenvalue weighted by Gasteiger charge is 2.12. The summed E-state index contributed by atoms with van der Waals surface area (Å²) >= 11 is 0. The Morgan fingerprint density at radius 2 is 1.41 bits per heavy atom. The van der Waals surface area contributed by atoms with Gasteiger partial charge in [-0.15, -0.1) is 0 Å². The second-order valence-corrected chi connectivity index (χ2v) is 4.45. The van der Waals surface area contributed by atoms with Gasteiger partial charge in [-0.2, -0.15) is 0 Å². The first-order valence-corrected chi connectivity index (χ1v) is 5.60. The fourth-order valence-corrected chi connectivity index (χ4v) is 2.04. The number of phenolic OH excluding ortho intramolecular Hbond substituents is 2. The van der Waals surface area contributed by atoms with E-state index in [0.717, 1.165) is 16.7 Å². The Morgan fingerprint density at radius 3 is 2.12 bits per heavy atom. The predicted molar refractivity (Wildman–Crippen MR) is 69.4 cm³/mol. The van der Waals surface area contributed by atoms with Crippen LogP contribution in [0.2, 0.25) is 0 Å². The molecule has 2 heteroatoms. The topological polar surface area (TPSA) is 40.5 Å². The van der Waals surface area contributed by atoms with Gasteiger partial charge in [0.15, 0.2) is 0 Å². The zero-order valence-corrected chi connectivity index (χ0v) is 10.3. The summed E-state index contributed by atoms with van der Waals surface area (Å²) in [6, 6.07) is 9.35. The standard InChI is InChI=1S/C15H16O2/c1-9-7-11(3)15(17)13(8-9)12-6-4-5-10(2)14(12)16/h4-8,16-17H,1-3H3. The molecule has 0 aromatic heterocycles. The van der Waals surface area contributed by atoms with E-state index < -0.39 is 0 Å². The summed E-state index contributed by atoms with van der Waals surface area (Å²) in [5.74, 6) is 0.462. The van der Waals surface area contributed by atoms with Crippen molar-refractivity contribution in [1.82, 2.24) is 0 Å². The second kappa shape index (κ2) is 4.13. The Labute approximate surface area is 101 Å². The molecule has 2 aromatic carbocycles. The molecule has 2 N–H and O–H groups in total. The minimum absolute atomic E-state index is 0.229. The molecule has 0 bridgehead atoms. The van der Waals surface area contributed by atoms with Crippen molar-refractivity contribution in [3.05, 3.63) is 47.0 Å². The maximum absolute atomic E-state index is 10.1. The Balaban J connectivity index is 2.73. The van der Waals surface area contributed by atoms with Crippen LogP contribution in [-0.4, -0.2) is 10.2 Å². The van der Waals surface area contributed by atoms with Crippen LogP contribution in [-0.2, 0) is 0 Å². The van der Waals surface area contributed by atoms with Gasteiger partial charge in [-0.05, 0) is 43.5 Å². The second-order valence-electron chi connectivity index (χ2n) is 4.45. The Kier molecular flexibility index (Phi) is 2.80. The highest BCUT2D eigenvalue weighted by atomic mass is 16.3. The fourth-order valence-electron chi connectivity index (χ4n) is 2.04. The minimum Gasteiger partial charge on any atom is -0.507 e. The van der Waals surface area contributed by atoms with Crippen LogP contribution in [0.25, 0.3) is 11.1 Å². The van der Waals surface area contributed by atoms with Gasteiger partial charge in [0.05, 0.1) is 0 Å². The molecule has 0 saturated carbocycles. The average molecular weight is 228 g/mol. The molecule has 0 aliphatic carbocycles. The molecular formula is C15H16O2. The number of aromatic hydroxyl groups is 2. The number of hydrogen-bond acceptors (Lipinski definition) is 2. The number of aryl methyl sites for hydroxylation is 3. The molecule has 2 nitrogen and oxygen atoms in total. The third-order valence-corrected chi connectivity index (χ3v) is 2.97. The molecule has 0 atom stereocenters. The quantitative estimate of drug-likeness (QED) is 0.781. The maximum atomic E-state index is 10.1. The van der Waals surface area contributed by atoms with Crippen LogP contribution in [0.1, 0.15) is 16.7 Å². The zero-order chi connectivity index (χ0) is 12.6. The van der Waals surface area contributed by atoms with Crippen LogP contribution in [0.4, 0.5) is 0 Å². The van der Waals surface area contributed by atoms with E-state index in [2.05, 4.69) is 0 Å². The van der Waals surface area contributed by atoms with Gasteiger partial charge in [-0.25, -0.2) is 0 Å². The zero-order valence-electron chi connectivity index (χ0n) is 10.3. The van der Waals surface area contributed by atoms with Crippen molar-refractivity contribution < 1.29 is 10.2 Å². The summed E-state index contributed by atoms with van der Waals surface area (Å²) in [6.07, 6.45) is 0. The summed E-state index contributed by atoms with van der Waals surface area (Å²) < 4.78 is 0. The number of para-hydroxylation sites is 1. The highest BCUT2D eigenvalue weighted by molar-refractivity contribution is 5.78. The summed E-state index contributed by atoms with van der Waals surface area (Å²) in [4.78, 5) is 0. The molecule has 0 spiro atoms. The molecule has 0 radical (unpaired) electrons. The van der Waals surface area contributed by atoms with Crippen LogP contribution >= 0.6 is 0 Å². The SMILES string of the molecule is Cc1cc(C)c(O)c(-c2cccc(C)c2O)c1. The average Bonchev–Trinajstić information content (AvgIpc) is 2.27. The van der Waals surface area contributed by atoms with Crippen LogP contribution < -0.4 is 0 Å². The summed E-state index contributed by atoms with van der Waals surface area (Å²) in [7, 11) is 0. The van der Waals surface area contributed by atoms with Gasteiger partial charge in [0.25, 0.3) is 0 Å². The molecule has 17 heavy (non-hydrogen) atoms. The maximum Gasteiger partial charge on any atom is 0.126 e. The first-order chi connectivity index (χ1) is 8.00. The van der Waals surface area contributed by atoms with Gasteiger partial charge < -0.3 is 10.2 Å². The Morgan fingerprint density at radius 1 is 0.765 bits per heavy atom. The van der Waals surface area contributed by atoms with Gasteiger partial charge in [0, 0.05) is 11.1 Å². The third-order valence-electron chi connectivity index (χ3n) is 2.97. The van der Waals surface area contributed by atoms with Crippen LogP contribution in [0.5, 0.6) is 11.5 Å². The van der Waals surface area contributed by atoms with Crippen LogP contribution in [0.3, 0.4) is 0 Å². The van der Waals surface area contributed by atoms with Gasteiger partial charge >= 0.3 is 0 Å². The lowest BCUT2D eigenvalue weighted by atomic mass is 9.97. The summed E-state index contributed by atoms with van der Waals surface area (Å²) in [5.41, 5.74) is 4.05. The van der Waals surface area contributed by atoms with E-state index >= 15 is 0 Å². The molecule has 2 aromatic rings. The molecule has 0 heterocycles. The molecule has 0 aliphatic heterocycles. The largest absolute Gasteiger partial charge is 0.507 e. The first-order valence-electron chi connectivity index (χ1n) is 5.60. The fraction of sp³-hybridized carbons (Fsp3) is 0.200. The Hall–Kier alpha value is -1.96. The molecule has 0 fully saturated rings. The van der Waals surface area contributed by atoms with E-state index in [1.54, 1.807) is 0 Å². The molecular weight excluding hydrogens is 212 g/mol. The molecule has 88 valence electrons. The molecule has 0 saturated heterocycles. The predicted octanol–water partition coefficient (Wildman–Crippen LogP) is 3.69. The highest BCUT2D eigenvalue weighted by Crippen LogP contribution is 2.39. The van der Waals surface area contributed by atoms with E-state index in [0.29, 0.717) is 11.1 Å². The van der Waals surface area contributed by atoms with Crippen molar-refractivity contribution >= 4 is 0 Å². The number of hydrogen-bond donors (Lipinski definition) is 2. The van der Waals surface area contributed by atoms with Gasteiger partial charge in [-0.1, -0.05) is 24.3 Å². The van der Waals surface area contributed by atoms with Gasteiger partial charge in [0.1, 0.15) is 11.5 Å².